The number of hydrogen-bond acceptors (Lipinski definition) is 2. The molecule has 0 bridgehead atoms. The first-order valence-corrected chi connectivity index (χ1v) is 13.5. The molecule has 0 spiro atoms. The Morgan fingerprint density at radius 1 is 0.476 bits per heavy atom. The molecule has 0 unspecified atom stereocenters. The smallest absolute Gasteiger partial charge is 0.437 e. The molecule has 5 aromatic rings. The molecule has 2 nitrogen and oxygen atoms in total. The summed E-state index contributed by atoms with van der Waals surface area (Å²) < 4.78 is 48.5. The summed E-state index contributed by atoms with van der Waals surface area (Å²) in [6.45, 7) is 0. The average molecular weight is 559 g/mol. The van der Waals surface area contributed by atoms with Crippen molar-refractivity contribution in [3.63, 3.8) is 0 Å². The predicted octanol–water partition coefficient (Wildman–Crippen LogP) is 9.22. The van der Waals surface area contributed by atoms with Crippen molar-refractivity contribution in [3.8, 4) is 0 Å². The van der Waals surface area contributed by atoms with E-state index in [0.717, 1.165) is 11.1 Å². The third-order valence-corrected chi connectivity index (χ3v) is 7.36. The Labute approximate surface area is 242 Å². The summed E-state index contributed by atoms with van der Waals surface area (Å²) in [5.74, 6) is -2.27. The minimum Gasteiger partial charge on any atom is -0.437 e. The maximum absolute atomic E-state index is 14.2. The van der Waals surface area contributed by atoms with Gasteiger partial charge in [0.15, 0.2) is 5.60 Å². The van der Waals surface area contributed by atoms with Crippen molar-refractivity contribution in [2.24, 2.45) is 0 Å². The fraction of sp³-hybridized carbons (Fsp3) is 0.0541. The van der Waals surface area contributed by atoms with E-state index in [1.807, 2.05) is 121 Å². The van der Waals surface area contributed by atoms with Crippen molar-refractivity contribution in [3.05, 3.63) is 179 Å². The zero-order valence-corrected chi connectivity index (χ0v) is 22.4. The molecule has 1 aliphatic rings. The molecule has 0 saturated carbocycles. The summed E-state index contributed by atoms with van der Waals surface area (Å²) in [4.78, 5) is 13.0. The van der Waals surface area contributed by atoms with E-state index >= 15 is 0 Å². The van der Waals surface area contributed by atoms with E-state index in [1.165, 1.54) is 0 Å². The van der Waals surface area contributed by atoms with Crippen molar-refractivity contribution in [2.75, 3.05) is 0 Å². The number of ether oxygens (including phenoxy) is 1. The third-order valence-electron chi connectivity index (χ3n) is 7.36. The minimum atomic E-state index is -5.23. The van der Waals surface area contributed by atoms with E-state index in [0.29, 0.717) is 39.0 Å². The molecule has 0 radical (unpaired) electrons. The molecule has 0 aliphatic heterocycles. The number of hydrogen-bond donors (Lipinski definition) is 0. The average Bonchev–Trinajstić information content (AvgIpc) is 3.34. The monoisotopic (exact) mass is 558 g/mol. The number of benzene rings is 5. The van der Waals surface area contributed by atoms with Gasteiger partial charge in [0.25, 0.3) is 0 Å². The van der Waals surface area contributed by atoms with Crippen molar-refractivity contribution in [1.29, 1.82) is 0 Å². The third kappa shape index (κ3) is 4.73. The molecule has 6 rings (SSSR count). The summed E-state index contributed by atoms with van der Waals surface area (Å²) in [6, 6.07) is 46.1. The Hall–Kier alpha value is -5.16. The molecule has 0 fully saturated rings. The van der Waals surface area contributed by atoms with Gasteiger partial charge < -0.3 is 4.74 Å². The molecule has 0 amide bonds. The van der Waals surface area contributed by atoms with E-state index < -0.39 is 17.7 Å². The molecular formula is C37H25F3O2. The van der Waals surface area contributed by atoms with Crippen LogP contribution >= 0.6 is 0 Å². The predicted molar refractivity (Wildman–Crippen MR) is 160 cm³/mol. The second kappa shape index (κ2) is 11.0. The van der Waals surface area contributed by atoms with Gasteiger partial charge in [-0.3, -0.25) is 0 Å². The van der Waals surface area contributed by atoms with Gasteiger partial charge >= 0.3 is 12.1 Å². The summed E-state index contributed by atoms with van der Waals surface area (Å²) in [5, 5.41) is 0. The lowest BCUT2D eigenvalue weighted by Gasteiger charge is -2.37. The van der Waals surface area contributed by atoms with Gasteiger partial charge in [0, 0.05) is 16.7 Å². The van der Waals surface area contributed by atoms with Crippen LogP contribution < -0.4 is 0 Å². The van der Waals surface area contributed by atoms with Crippen LogP contribution in [0.5, 0.6) is 0 Å². The van der Waals surface area contributed by atoms with E-state index in [-0.39, 0.29) is 0 Å². The molecular weight excluding hydrogens is 533 g/mol. The standard InChI is InChI=1S/C37H25F3O2/c38-37(39,40)35(41)42-36(30-24-14-5-15-25-30)33(28-20-10-3-11-21-28)31(26-16-6-1-7-17-26)32(27-18-8-2-9-19-27)34(36)29-22-12-4-13-23-29/h1-25H. The van der Waals surface area contributed by atoms with Crippen molar-refractivity contribution in [2.45, 2.75) is 11.8 Å². The first kappa shape index (κ1) is 27.0. The molecule has 1 aliphatic carbocycles. The van der Waals surface area contributed by atoms with Crippen LogP contribution in [0, 0.1) is 0 Å². The van der Waals surface area contributed by atoms with Gasteiger partial charge in [0.05, 0.1) is 0 Å². The van der Waals surface area contributed by atoms with E-state index in [2.05, 4.69) is 0 Å². The fourth-order valence-corrected chi connectivity index (χ4v) is 5.74. The van der Waals surface area contributed by atoms with Crippen LogP contribution in [-0.4, -0.2) is 12.1 Å². The van der Waals surface area contributed by atoms with Gasteiger partial charge in [0.2, 0.25) is 0 Å². The largest absolute Gasteiger partial charge is 0.490 e. The van der Waals surface area contributed by atoms with E-state index in [1.54, 1.807) is 30.3 Å². The highest BCUT2D eigenvalue weighted by atomic mass is 19.4. The van der Waals surface area contributed by atoms with Gasteiger partial charge in [-0.05, 0) is 33.4 Å². The number of carbonyl (C=O) groups is 1. The highest BCUT2D eigenvalue weighted by Gasteiger charge is 2.56. The first-order chi connectivity index (χ1) is 20.4. The van der Waals surface area contributed by atoms with Crippen molar-refractivity contribution >= 4 is 28.3 Å². The number of rotatable bonds is 6. The topological polar surface area (TPSA) is 26.3 Å². The number of allylic oxidation sites excluding steroid dienone is 2. The lowest BCUT2D eigenvalue weighted by molar-refractivity contribution is -0.206. The molecule has 0 atom stereocenters. The molecule has 0 heterocycles. The number of alkyl halides is 3. The fourth-order valence-electron chi connectivity index (χ4n) is 5.74. The van der Waals surface area contributed by atoms with Crippen LogP contribution in [0.1, 0.15) is 27.8 Å². The Morgan fingerprint density at radius 3 is 1.12 bits per heavy atom. The lowest BCUT2D eigenvalue weighted by atomic mass is 9.76. The van der Waals surface area contributed by atoms with Crippen molar-refractivity contribution in [1.82, 2.24) is 0 Å². The van der Waals surface area contributed by atoms with Crippen LogP contribution in [-0.2, 0) is 15.1 Å². The Kier molecular flexibility index (Phi) is 7.09. The van der Waals surface area contributed by atoms with Gasteiger partial charge in [-0.15, -0.1) is 0 Å². The molecule has 0 N–H and O–H groups in total. The van der Waals surface area contributed by atoms with Crippen molar-refractivity contribution < 1.29 is 22.7 Å². The number of carbonyl (C=O) groups excluding carboxylic acids is 1. The number of halogens is 3. The van der Waals surface area contributed by atoms with Crippen LogP contribution in [0.25, 0.3) is 22.3 Å². The van der Waals surface area contributed by atoms with Crippen LogP contribution in [0.15, 0.2) is 152 Å². The van der Waals surface area contributed by atoms with Gasteiger partial charge in [0.1, 0.15) is 0 Å². The SMILES string of the molecule is O=C(OC1(c2ccccc2)C(c2ccccc2)=C(c2ccccc2)C(c2ccccc2)=C1c1ccccc1)C(F)(F)F. The van der Waals surface area contributed by atoms with Gasteiger partial charge in [-0.25, -0.2) is 4.79 Å². The van der Waals surface area contributed by atoms with Gasteiger partial charge in [-0.2, -0.15) is 13.2 Å². The van der Waals surface area contributed by atoms with Gasteiger partial charge in [-0.1, -0.05) is 152 Å². The van der Waals surface area contributed by atoms with Crippen LogP contribution in [0.2, 0.25) is 0 Å². The van der Waals surface area contributed by atoms with E-state index in [9.17, 15) is 18.0 Å². The molecule has 5 aromatic carbocycles. The quantitative estimate of drug-likeness (QED) is 0.194. The Balaban J connectivity index is 1.87. The Morgan fingerprint density at radius 2 is 0.786 bits per heavy atom. The summed E-state index contributed by atoms with van der Waals surface area (Å²) >= 11 is 0. The Bertz CT molecular complexity index is 1660. The minimum absolute atomic E-state index is 0.402. The van der Waals surface area contributed by atoms with Crippen LogP contribution in [0.4, 0.5) is 13.2 Å². The maximum Gasteiger partial charge on any atom is 0.490 e. The first-order valence-electron chi connectivity index (χ1n) is 13.5. The summed E-state index contributed by atoms with van der Waals surface area (Å²) in [7, 11) is 0. The highest BCUT2D eigenvalue weighted by molar-refractivity contribution is 6.31. The lowest BCUT2D eigenvalue weighted by Crippen LogP contribution is -2.39. The molecule has 206 valence electrons. The second-order valence-electron chi connectivity index (χ2n) is 9.90. The van der Waals surface area contributed by atoms with Crippen LogP contribution in [0.3, 0.4) is 0 Å². The normalized spacial score (nSPS) is 14.6. The molecule has 5 heteroatoms. The zero-order valence-electron chi connectivity index (χ0n) is 22.4. The zero-order chi connectivity index (χ0) is 29.2. The molecule has 42 heavy (non-hydrogen) atoms. The maximum atomic E-state index is 14.2. The number of esters is 1. The summed E-state index contributed by atoms with van der Waals surface area (Å²) in [6.07, 6.45) is -5.23. The second-order valence-corrected chi connectivity index (χ2v) is 9.90. The molecule has 0 saturated heterocycles. The highest BCUT2D eigenvalue weighted by Crippen LogP contribution is 2.63. The molecule has 0 aromatic heterocycles. The summed E-state index contributed by atoms with van der Waals surface area (Å²) in [5.41, 5.74) is 3.56. The van der Waals surface area contributed by atoms with E-state index in [4.69, 9.17) is 4.74 Å².